The summed E-state index contributed by atoms with van der Waals surface area (Å²) in [6, 6.07) is 11.0. The molecule has 0 N–H and O–H groups in total. The minimum Gasteiger partial charge on any atom is -0.408 e. The number of rotatable bonds is 2. The monoisotopic (exact) mass is 370 g/mol. The summed E-state index contributed by atoms with van der Waals surface area (Å²) in [5.41, 5.74) is 2.11. The van der Waals surface area contributed by atoms with Crippen molar-refractivity contribution in [2.24, 2.45) is 5.41 Å². The fourth-order valence-electron chi connectivity index (χ4n) is 6.57. The van der Waals surface area contributed by atoms with Gasteiger partial charge >= 0.3 is 0 Å². The molecule has 0 aromatic heterocycles. The summed E-state index contributed by atoms with van der Waals surface area (Å²) in [7, 11) is -2.19. The molecule has 3 rings (SSSR count). The second-order valence-corrected chi connectivity index (χ2v) is 16.0. The Morgan fingerprint density at radius 1 is 0.962 bits per heavy atom. The molecular formula is C24H38OSi. The highest BCUT2D eigenvalue weighted by atomic mass is 28.4. The highest BCUT2D eigenvalue weighted by Gasteiger charge is 2.71. The molecule has 1 saturated carbocycles. The van der Waals surface area contributed by atoms with Crippen LogP contribution in [0.5, 0.6) is 0 Å². The van der Waals surface area contributed by atoms with Crippen molar-refractivity contribution >= 4 is 8.32 Å². The Morgan fingerprint density at radius 3 is 1.96 bits per heavy atom. The van der Waals surface area contributed by atoms with Gasteiger partial charge in [-0.3, -0.25) is 0 Å². The molecule has 1 spiro atoms. The molecule has 0 radical (unpaired) electrons. The van der Waals surface area contributed by atoms with Crippen LogP contribution < -0.4 is 0 Å². The van der Waals surface area contributed by atoms with Crippen LogP contribution in [0.3, 0.4) is 0 Å². The summed E-state index contributed by atoms with van der Waals surface area (Å²) in [6.45, 7) is 18.9. The van der Waals surface area contributed by atoms with E-state index in [-0.39, 0.29) is 21.6 Å². The first-order valence-electron chi connectivity index (χ1n) is 10.5. The summed E-state index contributed by atoms with van der Waals surface area (Å²) in [5.74, 6) is 0. The van der Waals surface area contributed by atoms with Crippen molar-refractivity contribution in [1.29, 1.82) is 0 Å². The van der Waals surface area contributed by atoms with Gasteiger partial charge in [-0.05, 0) is 28.5 Å². The average Bonchev–Trinajstić information content (AvgIpc) is 2.87. The number of hydrogen-bond acceptors (Lipinski definition) is 1. The van der Waals surface area contributed by atoms with E-state index in [0.29, 0.717) is 5.54 Å². The molecule has 2 aliphatic rings. The third kappa shape index (κ3) is 2.76. The van der Waals surface area contributed by atoms with E-state index in [4.69, 9.17) is 4.43 Å². The molecule has 0 bridgehead atoms. The maximum absolute atomic E-state index is 7.43. The Bertz CT molecular complexity index is 614. The third-order valence-electron chi connectivity index (χ3n) is 7.23. The van der Waals surface area contributed by atoms with Crippen molar-refractivity contribution in [2.75, 3.05) is 0 Å². The quantitative estimate of drug-likeness (QED) is 0.381. The lowest BCUT2D eigenvalue weighted by Crippen LogP contribution is -2.55. The second-order valence-electron chi connectivity index (χ2n) is 10.7. The zero-order valence-corrected chi connectivity index (χ0v) is 18.8. The molecule has 1 heterocycles. The molecule has 1 saturated heterocycles. The Balaban J connectivity index is 2.24. The van der Waals surface area contributed by atoms with Crippen LogP contribution in [0, 0.1) is 5.41 Å². The number of allylic oxidation sites excluding steroid dienone is 1. The Morgan fingerprint density at radius 2 is 1.50 bits per heavy atom. The standard InChI is InChI=1S/C24H38OSi/c1-8-20-24(17-13-10-14-18-24)21(19-15-11-9-12-16-19)25-26(20,22(2,3)4)23(5,6)7/h8-9,11-12,15-16,20-21H,1,10,13-14,17-18H2,2-7H3/t20-,21+/m0/s1. The van der Waals surface area contributed by atoms with E-state index >= 15 is 0 Å². The highest BCUT2D eigenvalue weighted by molar-refractivity contribution is 6.82. The van der Waals surface area contributed by atoms with Crippen molar-refractivity contribution in [3.05, 3.63) is 48.6 Å². The van der Waals surface area contributed by atoms with E-state index in [9.17, 15) is 0 Å². The first-order valence-corrected chi connectivity index (χ1v) is 12.4. The lowest BCUT2D eigenvalue weighted by molar-refractivity contribution is 0.0516. The molecule has 1 nitrogen and oxygen atoms in total. The molecule has 2 fully saturated rings. The van der Waals surface area contributed by atoms with Crippen LogP contribution in [-0.2, 0) is 4.43 Å². The minimum absolute atomic E-state index is 0.165. The van der Waals surface area contributed by atoms with Gasteiger partial charge in [-0.15, -0.1) is 6.58 Å². The van der Waals surface area contributed by atoms with E-state index in [1.54, 1.807) is 0 Å². The van der Waals surface area contributed by atoms with Crippen LogP contribution in [-0.4, -0.2) is 8.32 Å². The highest BCUT2D eigenvalue weighted by Crippen LogP contribution is 2.73. The maximum Gasteiger partial charge on any atom is 0.211 e. The zero-order valence-electron chi connectivity index (χ0n) is 17.8. The van der Waals surface area contributed by atoms with Gasteiger partial charge in [0.25, 0.3) is 0 Å². The fraction of sp³-hybridized carbons (Fsp3) is 0.667. The van der Waals surface area contributed by atoms with Crippen LogP contribution in [0.2, 0.25) is 15.6 Å². The van der Waals surface area contributed by atoms with Crippen molar-refractivity contribution in [3.63, 3.8) is 0 Å². The van der Waals surface area contributed by atoms with Gasteiger partial charge in [0.2, 0.25) is 8.32 Å². The number of hydrogen-bond donors (Lipinski definition) is 0. The van der Waals surface area contributed by atoms with Gasteiger partial charge in [-0.2, -0.15) is 0 Å². The van der Waals surface area contributed by atoms with Gasteiger partial charge in [-0.25, -0.2) is 0 Å². The van der Waals surface area contributed by atoms with E-state index in [0.717, 1.165) is 0 Å². The van der Waals surface area contributed by atoms with Gasteiger partial charge in [0.15, 0.2) is 0 Å². The first-order chi connectivity index (χ1) is 12.1. The van der Waals surface area contributed by atoms with Gasteiger partial charge in [0.1, 0.15) is 0 Å². The molecule has 144 valence electrons. The molecule has 0 unspecified atom stereocenters. The smallest absolute Gasteiger partial charge is 0.211 e. The van der Waals surface area contributed by atoms with E-state index < -0.39 is 8.32 Å². The molecule has 1 aromatic carbocycles. The van der Waals surface area contributed by atoms with Crippen molar-refractivity contribution < 1.29 is 4.43 Å². The molecule has 2 atom stereocenters. The van der Waals surface area contributed by atoms with Crippen molar-refractivity contribution in [1.82, 2.24) is 0 Å². The number of benzene rings is 1. The Labute approximate surface area is 162 Å². The molecule has 1 aliphatic carbocycles. The lowest BCUT2D eigenvalue weighted by Gasteiger charge is -2.52. The van der Waals surface area contributed by atoms with E-state index in [1.165, 1.54) is 37.7 Å². The normalized spacial score (nSPS) is 28.2. The summed E-state index contributed by atoms with van der Waals surface area (Å²) in [6.07, 6.45) is 9.13. The topological polar surface area (TPSA) is 9.23 Å². The predicted octanol–water partition coefficient (Wildman–Crippen LogP) is 7.81. The summed E-state index contributed by atoms with van der Waals surface area (Å²) < 4.78 is 7.43. The van der Waals surface area contributed by atoms with Gasteiger partial charge < -0.3 is 4.43 Å². The van der Waals surface area contributed by atoms with Crippen molar-refractivity contribution in [3.8, 4) is 0 Å². The molecular weight excluding hydrogens is 332 g/mol. The van der Waals surface area contributed by atoms with Crippen molar-refractivity contribution in [2.45, 2.75) is 95.4 Å². The first kappa shape index (κ1) is 19.9. The second kappa shape index (κ2) is 6.63. The van der Waals surface area contributed by atoms with Crippen LogP contribution in [0.4, 0.5) is 0 Å². The molecule has 2 heteroatoms. The van der Waals surface area contributed by atoms with Gasteiger partial charge in [-0.1, -0.05) is 97.2 Å². The maximum atomic E-state index is 7.43. The van der Waals surface area contributed by atoms with Crippen LogP contribution in [0.15, 0.2) is 43.0 Å². The third-order valence-corrected chi connectivity index (χ3v) is 14.0. The molecule has 1 aromatic rings. The summed E-state index contributed by atoms with van der Waals surface area (Å²) in [4.78, 5) is 0. The largest absolute Gasteiger partial charge is 0.408 e. The average molecular weight is 371 g/mol. The Hall–Kier alpha value is -0.863. The van der Waals surface area contributed by atoms with E-state index in [1.807, 2.05) is 0 Å². The van der Waals surface area contributed by atoms with Crippen LogP contribution in [0.1, 0.15) is 85.3 Å². The molecule has 26 heavy (non-hydrogen) atoms. The Kier molecular flexibility index (Phi) is 5.07. The molecule has 1 aliphatic heterocycles. The minimum atomic E-state index is -2.19. The molecule has 0 amide bonds. The predicted molar refractivity (Wildman–Crippen MR) is 115 cm³/mol. The van der Waals surface area contributed by atoms with Crippen LogP contribution in [0.25, 0.3) is 0 Å². The zero-order chi connectivity index (χ0) is 19.2. The van der Waals surface area contributed by atoms with Gasteiger partial charge in [0, 0.05) is 11.0 Å². The fourth-order valence-corrected chi connectivity index (χ4v) is 13.9. The van der Waals surface area contributed by atoms with E-state index in [2.05, 4.69) is 84.5 Å². The SMILES string of the molecule is C=C[C@H]1C2(CCCCC2)[C@@H](c2ccccc2)O[Si]1(C(C)(C)C)C(C)(C)C. The van der Waals surface area contributed by atoms with Crippen LogP contribution >= 0.6 is 0 Å². The lowest BCUT2D eigenvalue weighted by atomic mass is 9.66. The van der Waals surface area contributed by atoms with Gasteiger partial charge in [0.05, 0.1) is 6.10 Å². The summed E-state index contributed by atoms with van der Waals surface area (Å²) in [5, 5.41) is 0.330. The summed E-state index contributed by atoms with van der Waals surface area (Å²) >= 11 is 0.